The maximum atomic E-state index is 15.5. The minimum atomic E-state index is -4.77. The van der Waals surface area contributed by atoms with Crippen molar-refractivity contribution in [3.8, 4) is 17.2 Å². The number of benzene rings is 4. The molecule has 2 aliphatic carbocycles. The number of imide groups is 2. The number of phenols is 1. The Morgan fingerprint density at radius 2 is 1.62 bits per heavy atom. The quantitative estimate of drug-likeness (QED) is 0.0841. The van der Waals surface area contributed by atoms with Gasteiger partial charge < -0.3 is 14.6 Å². The number of amides is 4. The number of hydrazine groups is 1. The van der Waals surface area contributed by atoms with Crippen LogP contribution in [0.5, 0.6) is 17.2 Å². The molecule has 11 nitrogen and oxygen atoms in total. The molecule has 4 amide bonds. The van der Waals surface area contributed by atoms with Crippen LogP contribution in [0.15, 0.2) is 109 Å². The Bertz CT molecular complexity index is 2850. The highest BCUT2D eigenvalue weighted by atomic mass is 35.5. The van der Waals surface area contributed by atoms with Gasteiger partial charge in [0.2, 0.25) is 11.8 Å². The summed E-state index contributed by atoms with van der Waals surface area (Å²) >= 11 is 12.7. The number of para-hydroxylation sites is 1. The highest BCUT2D eigenvalue weighted by Crippen LogP contribution is 2.65. The lowest BCUT2D eigenvalue weighted by Crippen LogP contribution is -2.53. The van der Waals surface area contributed by atoms with Gasteiger partial charge in [-0.25, -0.2) is 4.98 Å². The number of nitrogens with one attached hydrogen (secondary N) is 1. The number of carbonyl (C=O) groups excluding carboxylic acids is 4. The zero-order chi connectivity index (χ0) is 46.1. The number of aromatic nitrogens is 1. The molecular formula is C49H39Cl2F3N4O7. The molecule has 2 N–H and O–H groups in total. The molecule has 2 saturated heterocycles. The Balaban J connectivity index is 1.12. The number of phenolic OH excluding ortho intramolecular Hbond substituents is 1. The van der Waals surface area contributed by atoms with E-state index in [9.17, 15) is 27.9 Å². The Morgan fingerprint density at radius 3 is 2.29 bits per heavy atom. The molecule has 2 aliphatic heterocycles. The molecule has 1 saturated carbocycles. The van der Waals surface area contributed by atoms with Crippen LogP contribution >= 0.6 is 23.2 Å². The van der Waals surface area contributed by atoms with Crippen molar-refractivity contribution in [3.63, 3.8) is 0 Å². The Kier molecular flexibility index (Phi) is 11.0. The van der Waals surface area contributed by atoms with Gasteiger partial charge in [-0.1, -0.05) is 89.5 Å². The monoisotopic (exact) mass is 922 g/mol. The summed E-state index contributed by atoms with van der Waals surface area (Å²) in [7, 11) is 3.14. The van der Waals surface area contributed by atoms with Gasteiger partial charge in [0, 0.05) is 28.3 Å². The first-order valence-corrected chi connectivity index (χ1v) is 21.3. The zero-order valence-electron chi connectivity index (χ0n) is 34.9. The number of rotatable bonds is 9. The lowest BCUT2D eigenvalue weighted by molar-refractivity contribution is -0.139. The largest absolute Gasteiger partial charge is 0.507 e. The van der Waals surface area contributed by atoms with Crippen LogP contribution in [0.25, 0.3) is 12.2 Å². The second-order valence-electron chi connectivity index (χ2n) is 16.5. The number of aromatic hydroxyl groups is 1. The molecule has 3 heterocycles. The summed E-state index contributed by atoms with van der Waals surface area (Å²) in [6.45, 7) is 1.69. The first-order chi connectivity index (χ1) is 31.1. The smallest absolute Gasteiger partial charge is 0.417 e. The summed E-state index contributed by atoms with van der Waals surface area (Å²) in [5.41, 5.74) is 3.32. The van der Waals surface area contributed by atoms with Crippen molar-refractivity contribution < 1.29 is 46.9 Å². The van der Waals surface area contributed by atoms with Crippen LogP contribution in [0.2, 0.25) is 10.0 Å². The molecule has 4 aliphatic rings. The number of halogens is 5. The van der Waals surface area contributed by atoms with Crippen LogP contribution in [0.3, 0.4) is 0 Å². The van der Waals surface area contributed by atoms with Crippen LogP contribution in [0.4, 0.5) is 24.7 Å². The number of carbonyl (C=O) groups is 4. The molecule has 0 unspecified atom stereocenters. The van der Waals surface area contributed by atoms with Gasteiger partial charge in [-0.15, -0.1) is 0 Å². The van der Waals surface area contributed by atoms with Crippen molar-refractivity contribution in [2.24, 2.45) is 23.7 Å². The standard InChI is InChI=1S/C49H39Cl2F3N4O7/c1-25-5-4-6-35(42(25)59)41-33-18-19-34-40(46(62)57(44(34)60)31-15-8-26(9-16-31)7-10-27-21-32(64-2)17-20-39(27)65-3)36(33)23-37-45(61)58(47(63)48(37,41)28-11-13-30(50)14-12-28)56-43-38(51)22-29(24-55-43)49(52,53)54/h4-18,20-22,24,34,36-37,40-41,59H,19,23H2,1-3H3,(H,55,56)/t34-,36+,37-,40-,41+,48+/m0/s1. The summed E-state index contributed by atoms with van der Waals surface area (Å²) < 4.78 is 51.6. The molecule has 0 bridgehead atoms. The van der Waals surface area contributed by atoms with E-state index < -0.39 is 75.4 Å². The fraction of sp³-hybridized carbons (Fsp3) is 0.245. The first-order valence-electron chi connectivity index (χ1n) is 20.6. The molecule has 4 aromatic carbocycles. The molecule has 6 atom stereocenters. The van der Waals surface area contributed by atoms with Gasteiger partial charge in [0.25, 0.3) is 11.8 Å². The second kappa shape index (κ2) is 16.4. The average molecular weight is 924 g/mol. The van der Waals surface area contributed by atoms with Crippen LogP contribution in [-0.4, -0.2) is 52.9 Å². The third-order valence-corrected chi connectivity index (χ3v) is 13.7. The van der Waals surface area contributed by atoms with E-state index in [0.717, 1.165) is 11.1 Å². The fourth-order valence-corrected chi connectivity index (χ4v) is 10.5. The second-order valence-corrected chi connectivity index (χ2v) is 17.3. The summed E-state index contributed by atoms with van der Waals surface area (Å²) in [5.74, 6) is -6.53. The predicted molar refractivity (Wildman–Crippen MR) is 237 cm³/mol. The highest BCUT2D eigenvalue weighted by molar-refractivity contribution is 6.33. The van der Waals surface area contributed by atoms with Crippen molar-refractivity contribution in [3.05, 3.63) is 152 Å². The summed E-state index contributed by atoms with van der Waals surface area (Å²) in [4.78, 5) is 64.7. The topological polar surface area (TPSA) is 138 Å². The molecule has 9 rings (SSSR count). The van der Waals surface area contributed by atoms with Crippen LogP contribution in [0.1, 0.15) is 52.1 Å². The SMILES string of the molecule is COc1ccc(OC)c(C=Cc2ccc(N3C(=O)[C@H]4[C@H](CC=C5[C@H]4C[C@H]4C(=O)N(Nc6ncc(C(F)(F)F)cc6Cl)C(=O)[C@@]4(c4ccc(Cl)cc4)[C@H]5c4cccc(C)c4O)C3=O)cc2)c1. The number of hydrogen-bond donors (Lipinski definition) is 2. The maximum Gasteiger partial charge on any atom is 0.417 e. The van der Waals surface area contributed by atoms with E-state index in [2.05, 4.69) is 10.4 Å². The number of nitrogens with zero attached hydrogens (tertiary/aromatic N) is 3. The van der Waals surface area contributed by atoms with Gasteiger partial charge in [0.1, 0.15) is 17.2 Å². The van der Waals surface area contributed by atoms with Crippen molar-refractivity contribution >= 4 is 70.5 Å². The number of fused-ring (bicyclic) bond motifs is 4. The molecule has 3 fully saturated rings. The molecule has 16 heteroatoms. The van der Waals surface area contributed by atoms with E-state index in [-0.39, 0.29) is 24.4 Å². The minimum absolute atomic E-state index is 0.0834. The van der Waals surface area contributed by atoms with Gasteiger partial charge in [0.15, 0.2) is 5.82 Å². The van der Waals surface area contributed by atoms with Crippen molar-refractivity contribution in [2.45, 2.75) is 37.3 Å². The number of pyridine rings is 1. The number of anilines is 2. The number of allylic oxidation sites excluding steroid dienone is 2. The number of ether oxygens (including phenoxy) is 2. The van der Waals surface area contributed by atoms with Crippen LogP contribution < -0.4 is 19.8 Å². The Hall–Kier alpha value is -6.64. The normalized spacial score (nSPS) is 23.9. The number of alkyl halides is 3. The first kappa shape index (κ1) is 43.6. The van der Waals surface area contributed by atoms with Crippen LogP contribution in [0, 0.1) is 30.6 Å². The molecule has 1 aromatic heterocycles. The van der Waals surface area contributed by atoms with Gasteiger partial charge >= 0.3 is 6.18 Å². The van der Waals surface area contributed by atoms with Gasteiger partial charge in [-0.2, -0.15) is 18.2 Å². The Morgan fingerprint density at radius 1 is 0.877 bits per heavy atom. The summed E-state index contributed by atoms with van der Waals surface area (Å²) in [5, 5.41) is 12.4. The van der Waals surface area contributed by atoms with Crippen molar-refractivity contribution in [2.75, 3.05) is 24.5 Å². The molecule has 5 aromatic rings. The third-order valence-electron chi connectivity index (χ3n) is 13.2. The summed E-state index contributed by atoms with van der Waals surface area (Å²) in [6, 6.07) is 24.5. The van der Waals surface area contributed by atoms with Gasteiger partial charge in [-0.3, -0.25) is 29.5 Å². The third kappa shape index (κ3) is 7.10. The highest BCUT2D eigenvalue weighted by Gasteiger charge is 2.71. The van der Waals surface area contributed by atoms with Crippen molar-refractivity contribution in [1.82, 2.24) is 9.99 Å². The van der Waals surface area contributed by atoms with Crippen LogP contribution in [-0.2, 0) is 30.8 Å². The maximum absolute atomic E-state index is 15.5. The van der Waals surface area contributed by atoms with E-state index in [0.29, 0.717) is 61.7 Å². The van der Waals surface area contributed by atoms with E-state index in [1.54, 1.807) is 100 Å². The average Bonchev–Trinajstić information content (AvgIpc) is 3.67. The van der Waals surface area contributed by atoms with E-state index in [4.69, 9.17) is 32.7 Å². The molecule has 65 heavy (non-hydrogen) atoms. The minimum Gasteiger partial charge on any atom is -0.507 e. The molecule has 0 spiro atoms. The lowest BCUT2D eigenvalue weighted by Gasteiger charge is -2.50. The van der Waals surface area contributed by atoms with E-state index in [1.165, 1.54) is 4.90 Å². The molecule has 0 radical (unpaired) electrons. The van der Waals surface area contributed by atoms with Crippen molar-refractivity contribution in [1.29, 1.82) is 0 Å². The number of hydrogen-bond acceptors (Lipinski definition) is 9. The molecule has 332 valence electrons. The number of methoxy groups -OCH3 is 2. The molecular weight excluding hydrogens is 884 g/mol. The van der Waals surface area contributed by atoms with E-state index >= 15 is 9.59 Å². The lowest BCUT2D eigenvalue weighted by atomic mass is 9.49. The van der Waals surface area contributed by atoms with Gasteiger partial charge in [-0.05, 0) is 90.9 Å². The Labute approximate surface area is 381 Å². The predicted octanol–water partition coefficient (Wildman–Crippen LogP) is 9.80. The summed E-state index contributed by atoms with van der Waals surface area (Å²) in [6.07, 6.45) is 1.38. The van der Waals surface area contributed by atoms with Gasteiger partial charge in [0.05, 0.1) is 53.7 Å². The zero-order valence-corrected chi connectivity index (χ0v) is 36.4. The van der Waals surface area contributed by atoms with E-state index in [1.807, 2.05) is 24.3 Å². The fourth-order valence-electron chi connectivity index (χ4n) is 10.2. The number of aryl methyl sites for hydroxylation is 1.